The van der Waals surface area contributed by atoms with Crippen molar-refractivity contribution in [3.63, 3.8) is 0 Å². The Hall–Kier alpha value is -1.68. The number of aromatic nitrogens is 2. The Labute approximate surface area is 93.2 Å². The summed E-state index contributed by atoms with van der Waals surface area (Å²) >= 11 is 0. The van der Waals surface area contributed by atoms with Gasteiger partial charge in [-0.2, -0.15) is 5.10 Å². The number of aliphatic hydroxyl groups is 1. The number of rotatable bonds is 3. The molecule has 0 bridgehead atoms. The van der Waals surface area contributed by atoms with E-state index in [1.165, 1.54) is 12.1 Å². The normalized spacial score (nSPS) is 12.7. The molecule has 0 amide bonds. The third kappa shape index (κ3) is 2.46. The highest BCUT2D eigenvalue weighted by molar-refractivity contribution is 5.18. The van der Waals surface area contributed by atoms with Crippen LogP contribution in [0.1, 0.15) is 17.2 Å². The molecule has 1 heterocycles. The van der Waals surface area contributed by atoms with E-state index in [0.717, 1.165) is 5.56 Å². The molecule has 1 atom stereocenters. The number of benzene rings is 1. The zero-order chi connectivity index (χ0) is 11.5. The maximum atomic E-state index is 12.9. The van der Waals surface area contributed by atoms with Crippen LogP contribution in [0, 0.1) is 12.7 Å². The second kappa shape index (κ2) is 4.45. The van der Waals surface area contributed by atoms with Crippen molar-refractivity contribution in [2.75, 3.05) is 0 Å². The van der Waals surface area contributed by atoms with Crippen LogP contribution in [0.3, 0.4) is 0 Å². The van der Waals surface area contributed by atoms with Crippen LogP contribution in [0.25, 0.3) is 0 Å². The Morgan fingerprint density at radius 2 is 2.31 bits per heavy atom. The van der Waals surface area contributed by atoms with Gasteiger partial charge in [0.1, 0.15) is 5.82 Å². The molecule has 0 fully saturated rings. The smallest absolute Gasteiger partial charge is 0.123 e. The van der Waals surface area contributed by atoms with Gasteiger partial charge in [0.15, 0.2) is 0 Å². The highest BCUT2D eigenvalue weighted by Crippen LogP contribution is 2.15. The number of hydrogen-bond acceptors (Lipinski definition) is 2. The molecule has 0 saturated carbocycles. The first kappa shape index (κ1) is 10.8. The van der Waals surface area contributed by atoms with Gasteiger partial charge in [-0.25, -0.2) is 4.39 Å². The van der Waals surface area contributed by atoms with E-state index in [-0.39, 0.29) is 5.82 Å². The Bertz CT molecular complexity index is 481. The maximum Gasteiger partial charge on any atom is 0.123 e. The number of aryl methyl sites for hydroxylation is 1. The molecular weight excluding hydrogens is 207 g/mol. The topological polar surface area (TPSA) is 38.0 Å². The van der Waals surface area contributed by atoms with Crippen molar-refractivity contribution < 1.29 is 9.50 Å². The average molecular weight is 220 g/mol. The van der Waals surface area contributed by atoms with Crippen LogP contribution in [-0.2, 0) is 6.54 Å². The molecule has 2 aromatic rings. The Morgan fingerprint density at radius 3 is 2.94 bits per heavy atom. The second-order valence-corrected chi connectivity index (χ2v) is 3.81. The number of aliphatic hydroxyl groups excluding tert-OH is 1. The molecule has 0 spiro atoms. The van der Waals surface area contributed by atoms with Gasteiger partial charge in [0.25, 0.3) is 0 Å². The van der Waals surface area contributed by atoms with Crippen molar-refractivity contribution in [2.45, 2.75) is 19.6 Å². The lowest BCUT2D eigenvalue weighted by Crippen LogP contribution is -2.09. The molecule has 3 nitrogen and oxygen atoms in total. The third-order valence-corrected chi connectivity index (χ3v) is 2.36. The lowest BCUT2D eigenvalue weighted by Gasteiger charge is -2.10. The molecule has 2 rings (SSSR count). The van der Waals surface area contributed by atoms with Gasteiger partial charge in [-0.15, -0.1) is 0 Å². The molecule has 0 radical (unpaired) electrons. The first-order valence-corrected chi connectivity index (χ1v) is 5.08. The van der Waals surface area contributed by atoms with Gasteiger partial charge in [0, 0.05) is 6.20 Å². The minimum atomic E-state index is -0.741. The van der Waals surface area contributed by atoms with Crippen molar-refractivity contribution in [3.05, 3.63) is 53.6 Å². The predicted octanol–water partition coefficient (Wildman–Crippen LogP) is 2.06. The molecule has 0 aliphatic carbocycles. The number of halogens is 1. The summed E-state index contributed by atoms with van der Waals surface area (Å²) in [6.45, 7) is 2.26. The van der Waals surface area contributed by atoms with Crippen molar-refractivity contribution >= 4 is 0 Å². The van der Waals surface area contributed by atoms with Gasteiger partial charge < -0.3 is 5.11 Å². The van der Waals surface area contributed by atoms with Gasteiger partial charge in [0.05, 0.1) is 18.8 Å². The molecule has 0 saturated heterocycles. The van der Waals surface area contributed by atoms with E-state index in [1.54, 1.807) is 23.0 Å². The summed E-state index contributed by atoms with van der Waals surface area (Å²) in [5, 5.41) is 13.9. The van der Waals surface area contributed by atoms with Crippen molar-refractivity contribution in [1.29, 1.82) is 0 Å². The molecule has 1 N–H and O–H groups in total. The molecule has 0 aliphatic rings. The highest BCUT2D eigenvalue weighted by atomic mass is 19.1. The minimum Gasteiger partial charge on any atom is -0.386 e. The Balaban J connectivity index is 2.11. The summed E-state index contributed by atoms with van der Waals surface area (Å²) in [5.74, 6) is -0.340. The van der Waals surface area contributed by atoms with E-state index >= 15 is 0 Å². The van der Waals surface area contributed by atoms with Crippen LogP contribution in [0.4, 0.5) is 4.39 Å². The zero-order valence-corrected chi connectivity index (χ0v) is 8.97. The average Bonchev–Trinajstić information content (AvgIpc) is 2.64. The van der Waals surface area contributed by atoms with Crippen LogP contribution < -0.4 is 0 Å². The van der Waals surface area contributed by atoms with E-state index in [4.69, 9.17) is 0 Å². The first-order valence-electron chi connectivity index (χ1n) is 5.08. The SMILES string of the molecule is Cc1cnn(CC(O)c2cccc(F)c2)c1. The van der Waals surface area contributed by atoms with E-state index in [2.05, 4.69) is 5.10 Å². The molecule has 4 heteroatoms. The second-order valence-electron chi connectivity index (χ2n) is 3.81. The van der Waals surface area contributed by atoms with Gasteiger partial charge in [-0.05, 0) is 30.2 Å². The van der Waals surface area contributed by atoms with E-state index in [1.807, 2.05) is 13.1 Å². The molecule has 1 unspecified atom stereocenters. The van der Waals surface area contributed by atoms with Crippen LogP contribution in [0.15, 0.2) is 36.7 Å². The Kier molecular flexibility index (Phi) is 3.01. The van der Waals surface area contributed by atoms with E-state index < -0.39 is 6.10 Å². The molecule has 1 aromatic carbocycles. The predicted molar refractivity (Wildman–Crippen MR) is 58.3 cm³/mol. The van der Waals surface area contributed by atoms with E-state index in [9.17, 15) is 9.50 Å². The van der Waals surface area contributed by atoms with Gasteiger partial charge in [-0.1, -0.05) is 12.1 Å². The quantitative estimate of drug-likeness (QED) is 0.859. The van der Waals surface area contributed by atoms with Gasteiger partial charge in [-0.3, -0.25) is 4.68 Å². The summed E-state index contributed by atoms with van der Waals surface area (Å²) in [6, 6.07) is 5.97. The largest absolute Gasteiger partial charge is 0.386 e. The van der Waals surface area contributed by atoms with Crippen LogP contribution in [0.5, 0.6) is 0 Å². The highest BCUT2D eigenvalue weighted by Gasteiger charge is 2.09. The fourth-order valence-electron chi connectivity index (χ4n) is 1.56. The van der Waals surface area contributed by atoms with Crippen LogP contribution >= 0.6 is 0 Å². The fraction of sp³-hybridized carbons (Fsp3) is 0.250. The Morgan fingerprint density at radius 1 is 1.50 bits per heavy atom. The lowest BCUT2D eigenvalue weighted by molar-refractivity contribution is 0.151. The fourth-order valence-corrected chi connectivity index (χ4v) is 1.56. The molecule has 1 aromatic heterocycles. The summed E-state index contributed by atoms with van der Waals surface area (Å²) < 4.78 is 14.6. The monoisotopic (exact) mass is 220 g/mol. The standard InChI is InChI=1S/C12H13FN2O/c1-9-6-14-15(7-9)8-12(16)10-3-2-4-11(13)5-10/h2-7,12,16H,8H2,1H3. The number of nitrogens with zero attached hydrogens (tertiary/aromatic N) is 2. The van der Waals surface area contributed by atoms with Crippen molar-refractivity contribution in [2.24, 2.45) is 0 Å². The van der Waals surface area contributed by atoms with Crippen molar-refractivity contribution in [1.82, 2.24) is 9.78 Å². The zero-order valence-electron chi connectivity index (χ0n) is 8.97. The summed E-state index contributed by atoms with van der Waals surface area (Å²) in [5.41, 5.74) is 1.60. The van der Waals surface area contributed by atoms with E-state index in [0.29, 0.717) is 12.1 Å². The first-order chi connectivity index (χ1) is 7.65. The van der Waals surface area contributed by atoms with Gasteiger partial charge in [0.2, 0.25) is 0 Å². The maximum absolute atomic E-state index is 12.9. The van der Waals surface area contributed by atoms with Gasteiger partial charge >= 0.3 is 0 Å². The minimum absolute atomic E-state index is 0.331. The number of hydrogen-bond donors (Lipinski definition) is 1. The summed E-state index contributed by atoms with van der Waals surface area (Å²) in [4.78, 5) is 0. The van der Waals surface area contributed by atoms with Crippen LogP contribution in [-0.4, -0.2) is 14.9 Å². The summed E-state index contributed by atoms with van der Waals surface area (Å²) in [7, 11) is 0. The molecule has 16 heavy (non-hydrogen) atoms. The lowest BCUT2D eigenvalue weighted by atomic mass is 10.1. The third-order valence-electron chi connectivity index (χ3n) is 2.36. The summed E-state index contributed by atoms with van der Waals surface area (Å²) in [6.07, 6.45) is 2.82. The molecular formula is C12H13FN2O. The van der Waals surface area contributed by atoms with Crippen molar-refractivity contribution in [3.8, 4) is 0 Å². The molecule has 0 aliphatic heterocycles. The van der Waals surface area contributed by atoms with Crippen LogP contribution in [0.2, 0.25) is 0 Å². The molecule has 84 valence electrons.